The summed E-state index contributed by atoms with van der Waals surface area (Å²) in [7, 11) is 2.05. The maximum Gasteiger partial charge on any atom is 0.226 e. The van der Waals surface area contributed by atoms with Crippen molar-refractivity contribution in [1.82, 2.24) is 10.2 Å². The Morgan fingerprint density at radius 1 is 1.25 bits per heavy atom. The molecule has 0 aromatic rings. The topological polar surface area (TPSA) is 32.3 Å². The SMILES string of the molecule is CC1CCCC(N(C)C(=O)C2CC23CCNCC3)C1.Cl. The molecule has 1 heterocycles. The van der Waals surface area contributed by atoms with Gasteiger partial charge in [-0.1, -0.05) is 19.8 Å². The molecule has 3 aliphatic rings. The zero-order valence-electron chi connectivity index (χ0n) is 12.9. The first-order valence-corrected chi connectivity index (χ1v) is 8.10. The van der Waals surface area contributed by atoms with Gasteiger partial charge in [0.05, 0.1) is 0 Å². The van der Waals surface area contributed by atoms with Crippen molar-refractivity contribution in [3.8, 4) is 0 Å². The molecular formula is C16H29ClN2O. The summed E-state index contributed by atoms with van der Waals surface area (Å²) in [6.45, 7) is 4.54. The minimum Gasteiger partial charge on any atom is -0.343 e. The summed E-state index contributed by atoms with van der Waals surface area (Å²) in [5, 5.41) is 3.41. The Morgan fingerprint density at radius 3 is 2.60 bits per heavy atom. The molecule has 20 heavy (non-hydrogen) atoms. The molecule has 1 saturated heterocycles. The lowest BCUT2D eigenvalue weighted by Gasteiger charge is -2.35. The van der Waals surface area contributed by atoms with Crippen LogP contribution in [0.2, 0.25) is 0 Å². The Hall–Kier alpha value is -0.280. The van der Waals surface area contributed by atoms with Gasteiger partial charge in [-0.15, -0.1) is 12.4 Å². The molecule has 1 aliphatic heterocycles. The highest BCUT2D eigenvalue weighted by molar-refractivity contribution is 5.85. The van der Waals surface area contributed by atoms with Crippen molar-refractivity contribution < 1.29 is 4.79 Å². The van der Waals surface area contributed by atoms with Crippen molar-refractivity contribution in [3.63, 3.8) is 0 Å². The van der Waals surface area contributed by atoms with Crippen LogP contribution in [0, 0.1) is 17.3 Å². The number of hydrogen-bond donors (Lipinski definition) is 1. The molecule has 3 fully saturated rings. The molecule has 0 aromatic heterocycles. The second kappa shape index (κ2) is 6.23. The second-order valence-electron chi connectivity index (χ2n) is 7.24. The number of carbonyl (C=O) groups excluding carboxylic acids is 1. The molecule has 116 valence electrons. The molecule has 4 heteroatoms. The van der Waals surface area contributed by atoms with E-state index in [4.69, 9.17) is 0 Å². The first kappa shape index (κ1) is 16.1. The maximum atomic E-state index is 12.7. The van der Waals surface area contributed by atoms with Gasteiger partial charge in [-0.25, -0.2) is 0 Å². The summed E-state index contributed by atoms with van der Waals surface area (Å²) in [6, 6.07) is 0.510. The number of hydrogen-bond acceptors (Lipinski definition) is 2. The molecule has 3 unspecified atom stereocenters. The third-order valence-corrected chi connectivity index (χ3v) is 5.89. The van der Waals surface area contributed by atoms with E-state index >= 15 is 0 Å². The van der Waals surface area contributed by atoms with Crippen LogP contribution in [0.1, 0.15) is 51.9 Å². The second-order valence-corrected chi connectivity index (χ2v) is 7.24. The third kappa shape index (κ3) is 2.99. The average Bonchev–Trinajstić information content (AvgIpc) is 3.11. The summed E-state index contributed by atoms with van der Waals surface area (Å²) >= 11 is 0. The van der Waals surface area contributed by atoms with Gasteiger partial charge < -0.3 is 10.2 Å². The van der Waals surface area contributed by atoms with Crippen molar-refractivity contribution in [1.29, 1.82) is 0 Å². The van der Waals surface area contributed by atoms with Gasteiger partial charge in [-0.05, 0) is 56.5 Å². The number of piperidine rings is 1. The Morgan fingerprint density at radius 2 is 1.95 bits per heavy atom. The maximum absolute atomic E-state index is 12.7. The summed E-state index contributed by atoms with van der Waals surface area (Å²) < 4.78 is 0. The van der Waals surface area contributed by atoms with Crippen molar-refractivity contribution in [3.05, 3.63) is 0 Å². The molecule has 3 nitrogen and oxygen atoms in total. The third-order valence-electron chi connectivity index (χ3n) is 5.89. The Balaban J connectivity index is 0.00000147. The average molecular weight is 301 g/mol. The van der Waals surface area contributed by atoms with Crippen molar-refractivity contribution in [2.24, 2.45) is 17.3 Å². The van der Waals surface area contributed by atoms with Crippen LogP contribution in [0.5, 0.6) is 0 Å². The first-order valence-electron chi connectivity index (χ1n) is 8.10. The lowest BCUT2D eigenvalue weighted by atomic mass is 9.86. The fourth-order valence-corrected chi connectivity index (χ4v) is 4.35. The summed E-state index contributed by atoms with van der Waals surface area (Å²) in [5.74, 6) is 1.58. The molecule has 1 N–H and O–H groups in total. The van der Waals surface area contributed by atoms with E-state index in [1.54, 1.807) is 0 Å². The fraction of sp³-hybridized carbons (Fsp3) is 0.938. The monoisotopic (exact) mass is 300 g/mol. The van der Waals surface area contributed by atoms with E-state index in [1.807, 2.05) is 0 Å². The zero-order valence-corrected chi connectivity index (χ0v) is 13.7. The quantitative estimate of drug-likeness (QED) is 0.850. The van der Waals surface area contributed by atoms with Gasteiger partial charge in [0.15, 0.2) is 0 Å². The van der Waals surface area contributed by atoms with Crippen LogP contribution in [0.25, 0.3) is 0 Å². The lowest BCUT2D eigenvalue weighted by molar-refractivity contribution is -0.135. The number of rotatable bonds is 2. The van der Waals surface area contributed by atoms with Crippen LogP contribution >= 0.6 is 12.4 Å². The van der Waals surface area contributed by atoms with Crippen molar-refractivity contribution in [2.75, 3.05) is 20.1 Å². The van der Waals surface area contributed by atoms with Crippen LogP contribution in [-0.2, 0) is 4.79 Å². The zero-order chi connectivity index (χ0) is 13.5. The van der Waals surface area contributed by atoms with E-state index in [-0.39, 0.29) is 12.4 Å². The predicted molar refractivity (Wildman–Crippen MR) is 84.1 cm³/mol. The molecule has 0 bridgehead atoms. The van der Waals surface area contributed by atoms with Gasteiger partial charge in [0, 0.05) is 19.0 Å². The van der Waals surface area contributed by atoms with Crippen LogP contribution in [0.4, 0.5) is 0 Å². The molecular weight excluding hydrogens is 272 g/mol. The predicted octanol–water partition coefficient (Wildman–Crippen LogP) is 2.84. The minimum atomic E-state index is 0. The van der Waals surface area contributed by atoms with Gasteiger partial charge in [0.1, 0.15) is 0 Å². The summed E-state index contributed by atoms with van der Waals surface area (Å²) in [4.78, 5) is 14.8. The molecule has 1 spiro atoms. The standard InChI is InChI=1S/C16H28N2O.ClH/c1-12-4-3-5-13(10-12)18(2)15(19)14-11-16(14)6-8-17-9-7-16;/h12-14,17H,3-11H2,1-2H3;1H. The molecule has 0 radical (unpaired) electrons. The largest absolute Gasteiger partial charge is 0.343 e. The Kier molecular flexibility index (Phi) is 5.01. The highest BCUT2D eigenvalue weighted by Gasteiger charge is 2.58. The van der Waals surface area contributed by atoms with Crippen LogP contribution in [0.15, 0.2) is 0 Å². The van der Waals surface area contributed by atoms with Crippen LogP contribution < -0.4 is 5.32 Å². The number of halogens is 1. The van der Waals surface area contributed by atoms with Gasteiger partial charge >= 0.3 is 0 Å². The van der Waals surface area contributed by atoms with E-state index in [2.05, 4.69) is 24.2 Å². The van der Waals surface area contributed by atoms with Crippen molar-refractivity contribution >= 4 is 18.3 Å². The van der Waals surface area contributed by atoms with Crippen molar-refractivity contribution in [2.45, 2.75) is 57.9 Å². The summed E-state index contributed by atoms with van der Waals surface area (Å²) in [6.07, 6.45) is 8.63. The number of carbonyl (C=O) groups is 1. The molecule has 2 saturated carbocycles. The van der Waals surface area contributed by atoms with E-state index in [1.165, 1.54) is 38.5 Å². The molecule has 3 atom stereocenters. The highest BCUT2D eigenvalue weighted by atomic mass is 35.5. The number of nitrogens with one attached hydrogen (secondary N) is 1. The minimum absolute atomic E-state index is 0. The van der Waals surface area contributed by atoms with Gasteiger partial charge in [-0.3, -0.25) is 4.79 Å². The van der Waals surface area contributed by atoms with E-state index in [9.17, 15) is 4.79 Å². The van der Waals surface area contributed by atoms with Gasteiger partial charge in [0.2, 0.25) is 5.91 Å². The Labute approximate surface area is 129 Å². The van der Waals surface area contributed by atoms with Crippen LogP contribution in [0.3, 0.4) is 0 Å². The molecule has 3 rings (SSSR count). The molecule has 0 aromatic carbocycles. The fourth-order valence-electron chi connectivity index (χ4n) is 4.35. The smallest absolute Gasteiger partial charge is 0.226 e. The lowest BCUT2D eigenvalue weighted by Crippen LogP contribution is -2.42. The molecule has 2 aliphatic carbocycles. The van der Waals surface area contributed by atoms with E-state index in [0.29, 0.717) is 23.3 Å². The molecule has 1 amide bonds. The van der Waals surface area contributed by atoms with Gasteiger partial charge in [-0.2, -0.15) is 0 Å². The van der Waals surface area contributed by atoms with E-state index < -0.39 is 0 Å². The van der Waals surface area contributed by atoms with E-state index in [0.717, 1.165) is 25.4 Å². The normalized spacial score (nSPS) is 35.2. The van der Waals surface area contributed by atoms with Gasteiger partial charge in [0.25, 0.3) is 0 Å². The Bertz CT molecular complexity index is 354. The first-order chi connectivity index (χ1) is 9.12. The number of amides is 1. The summed E-state index contributed by atoms with van der Waals surface area (Å²) in [5.41, 5.74) is 0.386. The van der Waals surface area contributed by atoms with Crippen LogP contribution in [-0.4, -0.2) is 37.0 Å². The number of nitrogens with zero attached hydrogens (tertiary/aromatic N) is 1. The highest BCUT2D eigenvalue weighted by Crippen LogP contribution is 2.59.